The van der Waals surface area contributed by atoms with Gasteiger partial charge >= 0.3 is 5.97 Å². The monoisotopic (exact) mass is 249 g/mol. The first-order valence-corrected chi connectivity index (χ1v) is 6.26. The van der Waals surface area contributed by atoms with E-state index in [0.717, 1.165) is 25.9 Å². The number of piperidine rings is 1. The zero-order valence-electron chi connectivity index (χ0n) is 10.5. The third-order valence-electron chi connectivity index (χ3n) is 3.44. The van der Waals surface area contributed by atoms with Crippen molar-refractivity contribution >= 4 is 5.97 Å². The van der Waals surface area contributed by atoms with Crippen molar-refractivity contribution in [2.45, 2.75) is 31.3 Å². The molecule has 18 heavy (non-hydrogen) atoms. The third-order valence-corrected chi connectivity index (χ3v) is 3.44. The summed E-state index contributed by atoms with van der Waals surface area (Å²) < 4.78 is 0. The Hall–Kier alpha value is -1.46. The molecule has 2 rings (SSSR count). The predicted molar refractivity (Wildman–Crippen MR) is 68.3 cm³/mol. The number of nitrogens with one attached hydrogen (secondary N) is 2. The molecule has 0 saturated carbocycles. The summed E-state index contributed by atoms with van der Waals surface area (Å²) in [7, 11) is 0. The molecule has 5 nitrogen and oxygen atoms in total. The Balaban J connectivity index is 2.19. The fourth-order valence-electron chi connectivity index (χ4n) is 2.28. The van der Waals surface area contributed by atoms with Crippen molar-refractivity contribution < 1.29 is 9.90 Å². The van der Waals surface area contributed by atoms with Crippen molar-refractivity contribution in [1.29, 1.82) is 0 Å². The molecular weight excluding hydrogens is 230 g/mol. The maximum atomic E-state index is 11.6. The summed E-state index contributed by atoms with van der Waals surface area (Å²) in [6.07, 6.45) is 3.51. The van der Waals surface area contributed by atoms with Crippen LogP contribution in [-0.4, -0.2) is 35.2 Å². The molecule has 0 aromatic carbocycles. The Morgan fingerprint density at radius 1 is 1.50 bits per heavy atom. The van der Waals surface area contributed by atoms with Crippen molar-refractivity contribution in [3.05, 3.63) is 30.1 Å². The highest BCUT2D eigenvalue weighted by molar-refractivity contribution is 5.79. The van der Waals surface area contributed by atoms with Crippen LogP contribution in [0.3, 0.4) is 0 Å². The van der Waals surface area contributed by atoms with Crippen LogP contribution in [0.5, 0.6) is 0 Å². The van der Waals surface area contributed by atoms with Gasteiger partial charge in [-0.15, -0.1) is 0 Å². The van der Waals surface area contributed by atoms with E-state index >= 15 is 0 Å². The average Bonchev–Trinajstić information content (AvgIpc) is 2.40. The van der Waals surface area contributed by atoms with Gasteiger partial charge in [0.15, 0.2) is 5.54 Å². The number of aromatic nitrogens is 1. The highest BCUT2D eigenvalue weighted by atomic mass is 16.4. The summed E-state index contributed by atoms with van der Waals surface area (Å²) in [5.41, 5.74) is -0.570. The van der Waals surface area contributed by atoms with Crippen molar-refractivity contribution in [2.24, 2.45) is 0 Å². The SMILES string of the molecule is CC(NC1CCNCC1)(C(=O)O)c1ccccn1. The molecule has 1 fully saturated rings. The smallest absolute Gasteiger partial charge is 0.329 e. The molecule has 2 heterocycles. The lowest BCUT2D eigenvalue weighted by Gasteiger charge is -2.33. The van der Waals surface area contributed by atoms with Gasteiger partial charge in [0, 0.05) is 12.2 Å². The predicted octanol–water partition coefficient (Wildman–Crippen LogP) is 0.723. The van der Waals surface area contributed by atoms with Crippen LogP contribution in [0.1, 0.15) is 25.5 Å². The number of carboxylic acids is 1. The average molecular weight is 249 g/mol. The van der Waals surface area contributed by atoms with Crippen molar-refractivity contribution in [1.82, 2.24) is 15.6 Å². The third kappa shape index (κ3) is 2.68. The van der Waals surface area contributed by atoms with Gasteiger partial charge in [-0.25, -0.2) is 4.79 Å². The summed E-state index contributed by atoms with van der Waals surface area (Å²) in [5.74, 6) is -0.889. The van der Waals surface area contributed by atoms with Crippen LogP contribution in [-0.2, 0) is 10.3 Å². The lowest BCUT2D eigenvalue weighted by molar-refractivity contribution is -0.145. The first-order chi connectivity index (χ1) is 8.63. The molecule has 1 aromatic heterocycles. The van der Waals surface area contributed by atoms with Crippen LogP contribution in [0.25, 0.3) is 0 Å². The van der Waals surface area contributed by atoms with E-state index in [1.807, 2.05) is 6.07 Å². The van der Waals surface area contributed by atoms with Gasteiger partial charge in [-0.1, -0.05) is 6.07 Å². The number of carbonyl (C=O) groups is 1. The molecule has 0 amide bonds. The van der Waals surface area contributed by atoms with Gasteiger partial charge in [-0.2, -0.15) is 0 Å². The zero-order chi connectivity index (χ0) is 13.0. The van der Waals surface area contributed by atoms with E-state index in [2.05, 4.69) is 15.6 Å². The maximum absolute atomic E-state index is 11.6. The lowest BCUT2D eigenvalue weighted by atomic mass is 9.93. The quantitative estimate of drug-likeness (QED) is 0.733. The molecule has 1 aliphatic rings. The molecule has 0 spiro atoms. The standard InChI is InChI=1S/C13H19N3O2/c1-13(12(17)18,11-4-2-3-7-15-11)16-10-5-8-14-9-6-10/h2-4,7,10,14,16H,5-6,8-9H2,1H3,(H,17,18). The molecule has 98 valence electrons. The minimum atomic E-state index is -1.12. The van der Waals surface area contributed by atoms with Crippen LogP contribution < -0.4 is 10.6 Å². The van der Waals surface area contributed by atoms with E-state index in [1.54, 1.807) is 25.3 Å². The van der Waals surface area contributed by atoms with Gasteiger partial charge in [-0.3, -0.25) is 10.3 Å². The van der Waals surface area contributed by atoms with Crippen LogP contribution in [0, 0.1) is 0 Å². The fourth-order valence-corrected chi connectivity index (χ4v) is 2.28. The molecule has 1 aromatic rings. The Labute approximate surface area is 107 Å². The fraction of sp³-hybridized carbons (Fsp3) is 0.538. The van der Waals surface area contributed by atoms with E-state index in [-0.39, 0.29) is 6.04 Å². The summed E-state index contributed by atoms with van der Waals surface area (Å²) in [4.78, 5) is 15.8. The Bertz CT molecular complexity index is 404. The number of rotatable bonds is 4. The van der Waals surface area contributed by atoms with E-state index < -0.39 is 11.5 Å². The molecule has 0 radical (unpaired) electrons. The van der Waals surface area contributed by atoms with Gasteiger partial charge in [-0.05, 0) is 45.0 Å². The maximum Gasteiger partial charge on any atom is 0.329 e. The molecule has 1 aliphatic heterocycles. The highest BCUT2D eigenvalue weighted by Gasteiger charge is 2.38. The second kappa shape index (κ2) is 5.46. The number of pyridine rings is 1. The molecule has 1 unspecified atom stereocenters. The number of aliphatic carboxylic acids is 1. The van der Waals surface area contributed by atoms with Crippen LogP contribution >= 0.6 is 0 Å². The molecule has 0 bridgehead atoms. The number of hydrogen-bond acceptors (Lipinski definition) is 4. The van der Waals surface area contributed by atoms with Gasteiger partial charge in [0.1, 0.15) is 0 Å². The molecule has 1 saturated heterocycles. The van der Waals surface area contributed by atoms with E-state index in [0.29, 0.717) is 5.69 Å². The summed E-state index contributed by atoms with van der Waals surface area (Å²) >= 11 is 0. The van der Waals surface area contributed by atoms with Crippen LogP contribution in [0.4, 0.5) is 0 Å². The first kappa shape index (κ1) is 13.0. The van der Waals surface area contributed by atoms with Crippen LogP contribution in [0.15, 0.2) is 24.4 Å². The lowest BCUT2D eigenvalue weighted by Crippen LogP contribution is -2.54. The topological polar surface area (TPSA) is 74.2 Å². The minimum Gasteiger partial charge on any atom is -0.480 e. The van der Waals surface area contributed by atoms with Crippen LogP contribution in [0.2, 0.25) is 0 Å². The Morgan fingerprint density at radius 3 is 2.78 bits per heavy atom. The second-order valence-electron chi connectivity index (χ2n) is 4.81. The molecule has 0 aliphatic carbocycles. The summed E-state index contributed by atoms with van der Waals surface area (Å²) in [6.45, 7) is 3.53. The van der Waals surface area contributed by atoms with E-state index in [1.165, 1.54) is 0 Å². The number of hydrogen-bond donors (Lipinski definition) is 3. The molecule has 5 heteroatoms. The Kier molecular flexibility index (Phi) is 3.93. The van der Waals surface area contributed by atoms with Crippen molar-refractivity contribution in [2.75, 3.05) is 13.1 Å². The van der Waals surface area contributed by atoms with E-state index in [9.17, 15) is 9.90 Å². The second-order valence-corrected chi connectivity index (χ2v) is 4.81. The highest BCUT2D eigenvalue weighted by Crippen LogP contribution is 2.21. The minimum absolute atomic E-state index is 0.217. The van der Waals surface area contributed by atoms with Gasteiger partial charge in [0.05, 0.1) is 5.69 Å². The van der Waals surface area contributed by atoms with Gasteiger partial charge < -0.3 is 10.4 Å². The van der Waals surface area contributed by atoms with Crippen molar-refractivity contribution in [3.8, 4) is 0 Å². The summed E-state index contributed by atoms with van der Waals surface area (Å²) in [5, 5.41) is 16.0. The zero-order valence-corrected chi connectivity index (χ0v) is 10.5. The number of nitrogens with zero attached hydrogens (tertiary/aromatic N) is 1. The molecule has 3 N–H and O–H groups in total. The normalized spacial score (nSPS) is 20.3. The van der Waals surface area contributed by atoms with E-state index in [4.69, 9.17) is 0 Å². The number of carboxylic acid groups (broad SMARTS) is 1. The van der Waals surface area contributed by atoms with Gasteiger partial charge in [0.2, 0.25) is 0 Å². The summed E-state index contributed by atoms with van der Waals surface area (Å²) in [6, 6.07) is 5.57. The Morgan fingerprint density at radius 2 is 2.22 bits per heavy atom. The largest absolute Gasteiger partial charge is 0.480 e. The molecular formula is C13H19N3O2. The van der Waals surface area contributed by atoms with Crippen molar-refractivity contribution in [3.63, 3.8) is 0 Å². The molecule has 1 atom stereocenters. The van der Waals surface area contributed by atoms with Gasteiger partial charge in [0.25, 0.3) is 0 Å². The first-order valence-electron chi connectivity index (χ1n) is 6.26.